The van der Waals surface area contributed by atoms with Gasteiger partial charge >= 0.3 is 27.6 Å². The second-order valence-electron chi connectivity index (χ2n) is 14.3. The van der Waals surface area contributed by atoms with E-state index in [2.05, 4.69) is 29.8 Å². The molecule has 0 aromatic carbocycles. The van der Waals surface area contributed by atoms with Crippen molar-refractivity contribution in [2.24, 2.45) is 17.8 Å². The fourth-order valence-electron chi connectivity index (χ4n) is 5.86. The van der Waals surface area contributed by atoms with Crippen LogP contribution in [0.15, 0.2) is 24.3 Å². The maximum atomic E-state index is 12.6. The highest BCUT2D eigenvalue weighted by molar-refractivity contribution is 7.47. The fraction of sp³-hybridized carbons (Fsp3) is 0.833. The monoisotopic (exact) mass is 816 g/mol. The number of hydrogen-bond acceptors (Lipinski definition) is 13. The Kier molecular flexibility index (Phi) is 26.2. The molecule has 1 fully saturated rings. The van der Waals surface area contributed by atoms with E-state index >= 15 is 0 Å². The topological polar surface area (TPSA) is 256 Å². The van der Waals surface area contributed by atoms with Crippen molar-refractivity contribution < 1.29 is 76.9 Å². The summed E-state index contributed by atoms with van der Waals surface area (Å²) < 4.78 is 47.5. The lowest BCUT2D eigenvalue weighted by molar-refractivity contribution is -0.160. The molecular formula is C36H66O16P2. The van der Waals surface area contributed by atoms with Crippen molar-refractivity contribution in [2.75, 3.05) is 26.4 Å². The SMILES string of the molecule is CCCCC[C@@H](O)/C=C/[C@@H]1[C@H](C/C=C\CC(=O)OC[C@H](COP(=O)(O)OC[C@@H](O)COP(=O)(O)O)OC(=O)CCCCCCCCC(C)C)[C@@H](O)C[C@H]1O. The number of unbranched alkanes of at least 4 members (excludes halogenated alkanes) is 7. The largest absolute Gasteiger partial charge is 0.472 e. The van der Waals surface area contributed by atoms with Gasteiger partial charge in [-0.1, -0.05) is 103 Å². The first-order valence-corrected chi connectivity index (χ1v) is 22.2. The van der Waals surface area contributed by atoms with E-state index in [1.54, 1.807) is 18.2 Å². The van der Waals surface area contributed by atoms with Gasteiger partial charge in [0.25, 0.3) is 0 Å². The highest BCUT2D eigenvalue weighted by atomic mass is 31.2. The first-order valence-electron chi connectivity index (χ1n) is 19.1. The molecule has 1 unspecified atom stereocenters. The number of aliphatic hydroxyl groups excluding tert-OH is 4. The maximum absolute atomic E-state index is 12.6. The number of ether oxygens (including phenoxy) is 2. The van der Waals surface area contributed by atoms with Crippen molar-refractivity contribution in [1.29, 1.82) is 0 Å². The number of rotatable bonds is 31. The lowest BCUT2D eigenvalue weighted by Gasteiger charge is -2.20. The van der Waals surface area contributed by atoms with Gasteiger partial charge in [-0.25, -0.2) is 9.13 Å². The molecule has 18 heteroatoms. The molecular weight excluding hydrogens is 750 g/mol. The van der Waals surface area contributed by atoms with E-state index < -0.39 is 84.5 Å². The number of allylic oxidation sites excluding steroid dienone is 1. The molecule has 0 heterocycles. The molecule has 1 aliphatic carbocycles. The predicted octanol–water partition coefficient (Wildman–Crippen LogP) is 5.01. The first-order chi connectivity index (χ1) is 25.4. The van der Waals surface area contributed by atoms with Crippen LogP contribution in [0.4, 0.5) is 0 Å². The van der Waals surface area contributed by atoms with Crippen LogP contribution in [-0.4, -0.2) is 104 Å². The number of esters is 2. The van der Waals surface area contributed by atoms with Gasteiger partial charge in [-0.15, -0.1) is 0 Å². The van der Waals surface area contributed by atoms with Crippen molar-refractivity contribution in [3.8, 4) is 0 Å². The minimum Gasteiger partial charge on any atom is -0.461 e. The fourth-order valence-corrected chi connectivity index (χ4v) is 7.01. The van der Waals surface area contributed by atoms with E-state index in [-0.39, 0.29) is 31.1 Å². The van der Waals surface area contributed by atoms with Gasteiger partial charge in [0.1, 0.15) is 12.7 Å². The summed E-state index contributed by atoms with van der Waals surface area (Å²) in [7, 11) is -9.77. The van der Waals surface area contributed by atoms with E-state index in [0.29, 0.717) is 25.2 Å². The zero-order chi connectivity index (χ0) is 40.6. The lowest BCUT2D eigenvalue weighted by Crippen LogP contribution is -2.29. The Balaban J connectivity index is 2.69. The summed E-state index contributed by atoms with van der Waals surface area (Å²) in [5.41, 5.74) is 0. The van der Waals surface area contributed by atoms with Crippen molar-refractivity contribution in [3.05, 3.63) is 24.3 Å². The van der Waals surface area contributed by atoms with Crippen molar-refractivity contribution in [2.45, 2.75) is 148 Å². The molecule has 0 spiro atoms. The summed E-state index contributed by atoms with van der Waals surface area (Å²) in [4.78, 5) is 52.6. The highest BCUT2D eigenvalue weighted by Crippen LogP contribution is 2.44. The minimum atomic E-state index is -4.89. The summed E-state index contributed by atoms with van der Waals surface area (Å²) in [6.07, 6.45) is 12.3. The van der Waals surface area contributed by atoms with Crippen LogP contribution in [0.3, 0.4) is 0 Å². The van der Waals surface area contributed by atoms with E-state index in [1.807, 2.05) is 0 Å². The van der Waals surface area contributed by atoms with Crippen LogP contribution in [0.25, 0.3) is 0 Å². The van der Waals surface area contributed by atoms with E-state index in [0.717, 1.165) is 51.4 Å². The average molecular weight is 817 g/mol. The second kappa shape index (κ2) is 28.0. The van der Waals surface area contributed by atoms with Crippen molar-refractivity contribution in [1.82, 2.24) is 0 Å². The standard InChI is InChI=1S/C36H66O16P2/c1-4-5-10-16-28(37)20-21-32-31(33(39)22-34(32)40)17-13-14-18-35(41)48-25-30(52-36(42)19-12-9-7-6-8-11-15-27(2)3)26-51-54(46,47)50-24-29(38)23-49-53(43,44)45/h13-14,20-21,27-34,37-40H,4-12,15-19,22-26H2,1-3H3,(H,46,47)(H2,43,44,45)/b14-13-,21-20+/t28-,29+,30-,31+,32-,33+,34-/m1/s1. The summed E-state index contributed by atoms with van der Waals surface area (Å²) in [5, 5.41) is 41.0. The minimum absolute atomic E-state index is 0.0634. The van der Waals surface area contributed by atoms with Gasteiger partial charge in [0.15, 0.2) is 6.10 Å². The van der Waals surface area contributed by atoms with Gasteiger partial charge in [-0.3, -0.25) is 23.2 Å². The lowest BCUT2D eigenvalue weighted by atomic mass is 9.89. The Hall–Kier alpha value is -1.52. The Morgan fingerprint density at radius 2 is 1.41 bits per heavy atom. The van der Waals surface area contributed by atoms with Crippen molar-refractivity contribution in [3.63, 3.8) is 0 Å². The van der Waals surface area contributed by atoms with Crippen LogP contribution in [-0.2, 0) is 41.8 Å². The van der Waals surface area contributed by atoms with E-state index in [1.165, 1.54) is 12.5 Å². The maximum Gasteiger partial charge on any atom is 0.472 e. The Labute approximate surface area is 320 Å². The molecule has 7 N–H and O–H groups in total. The number of carbonyl (C=O) groups excluding carboxylic acids is 2. The molecule has 0 radical (unpaired) electrons. The van der Waals surface area contributed by atoms with E-state index in [9.17, 15) is 44.0 Å². The molecule has 0 bridgehead atoms. The Morgan fingerprint density at radius 1 is 0.778 bits per heavy atom. The molecule has 0 aromatic rings. The quantitative estimate of drug-likeness (QED) is 0.0210. The summed E-state index contributed by atoms with van der Waals surface area (Å²) in [6.45, 7) is 3.43. The van der Waals surface area contributed by atoms with Crippen molar-refractivity contribution >= 4 is 27.6 Å². The molecule has 1 rings (SSSR count). The number of carbonyl (C=O) groups is 2. The second-order valence-corrected chi connectivity index (χ2v) is 17.0. The highest BCUT2D eigenvalue weighted by Gasteiger charge is 2.39. The molecule has 1 aliphatic rings. The molecule has 0 saturated heterocycles. The summed E-state index contributed by atoms with van der Waals surface area (Å²) >= 11 is 0. The predicted molar refractivity (Wildman–Crippen MR) is 200 cm³/mol. The average Bonchev–Trinajstić information content (AvgIpc) is 3.36. The molecule has 54 heavy (non-hydrogen) atoms. The summed E-state index contributed by atoms with van der Waals surface area (Å²) in [6, 6.07) is 0. The van der Waals surface area contributed by atoms with Crippen LogP contribution < -0.4 is 0 Å². The summed E-state index contributed by atoms with van der Waals surface area (Å²) in [5.74, 6) is -1.37. The zero-order valence-electron chi connectivity index (χ0n) is 32.1. The zero-order valence-corrected chi connectivity index (χ0v) is 33.9. The normalized spacial score (nSPS) is 22.1. The van der Waals surface area contributed by atoms with Crippen LogP contribution in [0, 0.1) is 17.8 Å². The molecule has 8 atom stereocenters. The molecule has 1 saturated carbocycles. The number of aliphatic hydroxyl groups is 4. The van der Waals surface area contributed by atoms with Gasteiger partial charge in [-0.05, 0) is 31.1 Å². The van der Waals surface area contributed by atoms with Gasteiger partial charge in [-0.2, -0.15) is 0 Å². The van der Waals surface area contributed by atoms with Gasteiger partial charge in [0, 0.05) is 18.8 Å². The smallest absolute Gasteiger partial charge is 0.461 e. The van der Waals surface area contributed by atoms with Crippen LogP contribution >= 0.6 is 15.6 Å². The van der Waals surface area contributed by atoms with Crippen LogP contribution in [0.1, 0.15) is 117 Å². The Bertz CT molecular complexity index is 1190. The number of phosphoric ester groups is 2. The van der Waals surface area contributed by atoms with Gasteiger partial charge in [0.05, 0.1) is 44.6 Å². The first kappa shape index (κ1) is 50.5. The Morgan fingerprint density at radius 3 is 2.07 bits per heavy atom. The van der Waals surface area contributed by atoms with Crippen LogP contribution in [0.2, 0.25) is 0 Å². The molecule has 16 nitrogen and oxygen atoms in total. The molecule has 0 aromatic heterocycles. The third kappa shape index (κ3) is 25.6. The number of hydrogen-bond donors (Lipinski definition) is 7. The molecule has 0 aliphatic heterocycles. The number of phosphoric acid groups is 2. The molecule has 0 amide bonds. The van der Waals surface area contributed by atoms with Crippen LogP contribution in [0.5, 0.6) is 0 Å². The van der Waals surface area contributed by atoms with E-state index in [4.69, 9.17) is 23.8 Å². The molecule has 316 valence electrons. The third-order valence-corrected chi connectivity index (χ3v) is 10.3. The third-order valence-electron chi connectivity index (χ3n) is 8.86. The van der Waals surface area contributed by atoms with Gasteiger partial charge < -0.3 is 44.6 Å². The van der Waals surface area contributed by atoms with Gasteiger partial charge in [0.2, 0.25) is 0 Å².